The quantitative estimate of drug-likeness (QED) is 0.477. The number of nitrogens with one attached hydrogen (secondary N) is 2. The fraction of sp³-hybridized carbons (Fsp3) is 0.160. The number of aryl methyl sites for hydroxylation is 1. The summed E-state index contributed by atoms with van der Waals surface area (Å²) in [6.45, 7) is 2.29. The fourth-order valence-electron chi connectivity index (χ4n) is 3.25. The molecule has 0 spiro atoms. The number of methoxy groups -OCH3 is 1. The Morgan fingerprint density at radius 1 is 1.12 bits per heavy atom. The van der Waals surface area contributed by atoms with Crippen LogP contribution in [0.15, 0.2) is 71.6 Å². The smallest absolute Gasteiger partial charge is 0.260 e. The molecular formula is C25H23FN2O3S. The van der Waals surface area contributed by atoms with Crippen LogP contribution in [0.5, 0.6) is 11.5 Å². The Morgan fingerprint density at radius 3 is 2.69 bits per heavy atom. The van der Waals surface area contributed by atoms with Crippen molar-refractivity contribution in [2.45, 2.75) is 19.0 Å². The summed E-state index contributed by atoms with van der Waals surface area (Å²) in [5.74, 6) is 0.974. The molecule has 0 radical (unpaired) electrons. The molecule has 4 rings (SSSR count). The molecule has 2 N–H and O–H groups in total. The molecule has 1 heterocycles. The van der Waals surface area contributed by atoms with Gasteiger partial charge in [-0.3, -0.25) is 4.79 Å². The first-order valence-corrected chi connectivity index (χ1v) is 11.0. The number of hydrogen-bond acceptors (Lipinski definition) is 5. The molecule has 0 aliphatic carbocycles. The van der Waals surface area contributed by atoms with Crippen LogP contribution in [0.1, 0.15) is 16.7 Å². The van der Waals surface area contributed by atoms with E-state index in [4.69, 9.17) is 9.47 Å². The number of carbonyl (C=O) groups excluding carboxylic acids is 1. The maximum absolute atomic E-state index is 13.3. The van der Waals surface area contributed by atoms with E-state index < -0.39 is 0 Å². The summed E-state index contributed by atoms with van der Waals surface area (Å²) >= 11 is 1.41. The van der Waals surface area contributed by atoms with Crippen molar-refractivity contribution in [3.8, 4) is 11.5 Å². The normalized spacial score (nSPS) is 16.7. The summed E-state index contributed by atoms with van der Waals surface area (Å²) in [6.07, 6.45) is 1.84. The third kappa shape index (κ3) is 5.42. The highest BCUT2D eigenvalue weighted by Gasteiger charge is 2.27. The Kier molecular flexibility index (Phi) is 6.66. The van der Waals surface area contributed by atoms with Gasteiger partial charge in [-0.1, -0.05) is 42.1 Å². The molecule has 0 bridgehead atoms. The minimum atomic E-state index is -0.293. The molecule has 164 valence electrons. The Morgan fingerprint density at radius 2 is 1.94 bits per heavy atom. The molecule has 0 aromatic heterocycles. The van der Waals surface area contributed by atoms with Crippen molar-refractivity contribution < 1.29 is 18.7 Å². The number of carbonyl (C=O) groups is 1. The fourth-order valence-corrected chi connectivity index (χ4v) is 4.22. The minimum Gasteiger partial charge on any atom is -0.495 e. The summed E-state index contributed by atoms with van der Waals surface area (Å²) < 4.78 is 24.4. The zero-order valence-electron chi connectivity index (χ0n) is 17.7. The van der Waals surface area contributed by atoms with E-state index in [1.165, 1.54) is 23.9 Å². The monoisotopic (exact) mass is 450 g/mol. The van der Waals surface area contributed by atoms with E-state index >= 15 is 0 Å². The van der Waals surface area contributed by atoms with Gasteiger partial charge >= 0.3 is 0 Å². The number of amides is 1. The summed E-state index contributed by atoms with van der Waals surface area (Å²) in [6, 6.07) is 19.6. The molecule has 1 atom stereocenters. The van der Waals surface area contributed by atoms with Crippen LogP contribution in [0, 0.1) is 12.7 Å². The van der Waals surface area contributed by atoms with E-state index in [2.05, 4.69) is 10.6 Å². The number of ether oxygens (including phenoxy) is 2. The molecule has 1 aliphatic heterocycles. The van der Waals surface area contributed by atoms with E-state index in [0.29, 0.717) is 10.7 Å². The van der Waals surface area contributed by atoms with Crippen molar-refractivity contribution in [3.63, 3.8) is 0 Å². The molecule has 1 saturated heterocycles. The number of anilines is 1. The molecule has 1 unspecified atom stereocenters. The summed E-state index contributed by atoms with van der Waals surface area (Å²) in [4.78, 5) is 13.0. The largest absolute Gasteiger partial charge is 0.495 e. The molecule has 1 fully saturated rings. The zero-order chi connectivity index (χ0) is 22.5. The Hall–Kier alpha value is -3.45. The van der Waals surface area contributed by atoms with Gasteiger partial charge in [0.05, 0.1) is 17.7 Å². The van der Waals surface area contributed by atoms with Gasteiger partial charge < -0.3 is 20.1 Å². The number of benzene rings is 3. The predicted octanol–water partition coefficient (Wildman–Crippen LogP) is 5.32. The van der Waals surface area contributed by atoms with Gasteiger partial charge in [-0.05, 0) is 66.1 Å². The Balaban J connectivity index is 1.38. The molecule has 3 aromatic rings. The van der Waals surface area contributed by atoms with E-state index in [1.54, 1.807) is 13.2 Å². The topological polar surface area (TPSA) is 59.6 Å². The van der Waals surface area contributed by atoms with Crippen LogP contribution >= 0.6 is 11.8 Å². The average molecular weight is 451 g/mol. The number of halogens is 1. The zero-order valence-corrected chi connectivity index (χ0v) is 18.5. The van der Waals surface area contributed by atoms with E-state index in [0.717, 1.165) is 28.1 Å². The van der Waals surface area contributed by atoms with Crippen molar-refractivity contribution in [1.29, 1.82) is 0 Å². The van der Waals surface area contributed by atoms with Gasteiger partial charge in [0.1, 0.15) is 23.9 Å². The molecule has 1 aliphatic rings. The SMILES string of the molecule is COc1ccc(C)cc1NC1NC(=O)/C(=C/c2ccc(OCc3cccc(F)c3)cc2)S1. The lowest BCUT2D eigenvalue weighted by Crippen LogP contribution is -2.31. The Labute approximate surface area is 190 Å². The first kappa shape index (κ1) is 21.8. The molecule has 0 saturated carbocycles. The van der Waals surface area contributed by atoms with Crippen LogP contribution in [0.3, 0.4) is 0 Å². The third-order valence-corrected chi connectivity index (χ3v) is 5.87. The van der Waals surface area contributed by atoms with E-state index in [-0.39, 0.29) is 23.8 Å². The second kappa shape index (κ2) is 9.78. The second-order valence-corrected chi connectivity index (χ2v) is 8.46. The molecule has 1 amide bonds. The number of rotatable bonds is 7. The minimum absolute atomic E-state index is 0.134. The molecule has 32 heavy (non-hydrogen) atoms. The lowest BCUT2D eigenvalue weighted by atomic mass is 10.2. The summed E-state index contributed by atoms with van der Waals surface area (Å²) in [7, 11) is 1.62. The summed E-state index contributed by atoms with van der Waals surface area (Å²) in [5, 5.41) is 6.24. The van der Waals surface area contributed by atoms with Gasteiger partial charge in [-0.25, -0.2) is 4.39 Å². The van der Waals surface area contributed by atoms with E-state index in [9.17, 15) is 9.18 Å². The van der Waals surface area contributed by atoms with Crippen LogP contribution < -0.4 is 20.1 Å². The summed E-state index contributed by atoms with van der Waals surface area (Å²) in [5.41, 5.74) is 3.27. The third-order valence-electron chi connectivity index (χ3n) is 4.84. The van der Waals surface area contributed by atoms with Gasteiger partial charge in [-0.15, -0.1) is 0 Å². The van der Waals surface area contributed by atoms with Gasteiger partial charge in [0.25, 0.3) is 5.91 Å². The van der Waals surface area contributed by atoms with Crippen LogP contribution in [0.4, 0.5) is 10.1 Å². The van der Waals surface area contributed by atoms with Crippen LogP contribution in [0.25, 0.3) is 6.08 Å². The van der Waals surface area contributed by atoms with Crippen LogP contribution in [-0.2, 0) is 11.4 Å². The molecule has 7 heteroatoms. The number of thioether (sulfide) groups is 1. The number of hydrogen-bond donors (Lipinski definition) is 2. The maximum Gasteiger partial charge on any atom is 0.260 e. The predicted molar refractivity (Wildman–Crippen MR) is 126 cm³/mol. The van der Waals surface area contributed by atoms with Crippen molar-refractivity contribution in [2.24, 2.45) is 0 Å². The van der Waals surface area contributed by atoms with Crippen molar-refractivity contribution >= 4 is 29.4 Å². The van der Waals surface area contributed by atoms with Gasteiger partial charge in [0.2, 0.25) is 0 Å². The average Bonchev–Trinajstić information content (AvgIpc) is 3.12. The van der Waals surface area contributed by atoms with Crippen molar-refractivity contribution in [2.75, 3.05) is 12.4 Å². The maximum atomic E-state index is 13.3. The molecule has 5 nitrogen and oxygen atoms in total. The lowest BCUT2D eigenvalue weighted by Gasteiger charge is -2.16. The van der Waals surface area contributed by atoms with Crippen LogP contribution in [0.2, 0.25) is 0 Å². The Bertz CT molecular complexity index is 1150. The van der Waals surface area contributed by atoms with Gasteiger partial charge in [0.15, 0.2) is 5.50 Å². The molecular weight excluding hydrogens is 427 g/mol. The first-order chi connectivity index (χ1) is 15.5. The standard InChI is InChI=1S/C25H23FN2O3S/c1-16-6-11-22(30-2)21(12-16)27-25-28-24(29)23(32-25)14-17-7-9-20(10-8-17)31-15-18-4-3-5-19(26)13-18/h3-14,25,27H,15H2,1-2H3,(H,28,29)/b23-14-. The lowest BCUT2D eigenvalue weighted by molar-refractivity contribution is -0.116. The van der Waals surface area contributed by atoms with Crippen molar-refractivity contribution in [3.05, 3.63) is 94.1 Å². The highest BCUT2D eigenvalue weighted by molar-refractivity contribution is 8.05. The van der Waals surface area contributed by atoms with Crippen LogP contribution in [-0.4, -0.2) is 18.5 Å². The highest BCUT2D eigenvalue weighted by Crippen LogP contribution is 2.33. The van der Waals surface area contributed by atoms with E-state index in [1.807, 2.05) is 61.5 Å². The van der Waals surface area contributed by atoms with Crippen molar-refractivity contribution in [1.82, 2.24) is 5.32 Å². The first-order valence-electron chi connectivity index (χ1n) is 10.1. The second-order valence-electron chi connectivity index (χ2n) is 7.32. The highest BCUT2D eigenvalue weighted by atomic mass is 32.2. The van der Waals surface area contributed by atoms with Gasteiger partial charge in [-0.2, -0.15) is 0 Å². The molecule has 3 aromatic carbocycles. The van der Waals surface area contributed by atoms with Gasteiger partial charge in [0, 0.05) is 0 Å².